The minimum Gasteiger partial charge on any atom is -0.494 e. The van der Waals surface area contributed by atoms with E-state index >= 15 is 0 Å². The largest absolute Gasteiger partial charge is 0.494 e. The van der Waals surface area contributed by atoms with Crippen LogP contribution < -0.4 is 4.74 Å². The molecule has 2 rings (SSSR count). The second-order valence-electron chi connectivity index (χ2n) is 5.44. The van der Waals surface area contributed by atoms with Crippen LogP contribution in [0.25, 0.3) is 11.1 Å². The van der Waals surface area contributed by atoms with Gasteiger partial charge in [0.2, 0.25) is 0 Å². The van der Waals surface area contributed by atoms with Crippen molar-refractivity contribution < 1.29 is 19.7 Å². The fourth-order valence-electron chi connectivity index (χ4n) is 2.41. The minimum atomic E-state index is -0.969. The van der Waals surface area contributed by atoms with E-state index in [0.717, 1.165) is 22.4 Å². The van der Waals surface area contributed by atoms with Crippen molar-refractivity contribution in [1.82, 2.24) is 0 Å². The molecule has 4 heteroatoms. The van der Waals surface area contributed by atoms with Gasteiger partial charge in [0, 0.05) is 0 Å². The predicted molar refractivity (Wildman–Crippen MR) is 89.6 cm³/mol. The molecule has 2 N–H and O–H groups in total. The van der Waals surface area contributed by atoms with Gasteiger partial charge in [-0.25, -0.2) is 0 Å². The molecule has 122 valence electrons. The number of carboxylic acid groups (broad SMARTS) is 1. The summed E-state index contributed by atoms with van der Waals surface area (Å²) in [5, 5.41) is 18.2. The summed E-state index contributed by atoms with van der Waals surface area (Å²) < 4.78 is 5.43. The van der Waals surface area contributed by atoms with Gasteiger partial charge in [-0.05, 0) is 48.6 Å². The van der Waals surface area contributed by atoms with E-state index in [4.69, 9.17) is 9.84 Å². The summed E-state index contributed by atoms with van der Waals surface area (Å²) in [6, 6.07) is 16.1. The zero-order chi connectivity index (χ0) is 16.7. The molecule has 2 aromatic rings. The Morgan fingerprint density at radius 3 is 2.13 bits per heavy atom. The third-order valence-corrected chi connectivity index (χ3v) is 3.63. The lowest BCUT2D eigenvalue weighted by Crippen LogP contribution is -2.13. The Bertz CT molecular complexity index is 617. The van der Waals surface area contributed by atoms with E-state index in [1.54, 1.807) is 0 Å². The molecule has 1 atom stereocenters. The molecular weight excluding hydrogens is 292 g/mol. The van der Waals surface area contributed by atoms with Crippen LogP contribution in [0.2, 0.25) is 0 Å². The van der Waals surface area contributed by atoms with Crippen molar-refractivity contribution in [2.75, 3.05) is 6.61 Å². The molecule has 0 aliphatic carbocycles. The van der Waals surface area contributed by atoms with Crippen LogP contribution in [0.3, 0.4) is 0 Å². The number of aliphatic hydroxyl groups is 1. The normalized spacial score (nSPS) is 11.9. The van der Waals surface area contributed by atoms with Gasteiger partial charge >= 0.3 is 5.97 Å². The number of hydrogen-bond donors (Lipinski definition) is 2. The number of aryl methyl sites for hydroxylation is 1. The van der Waals surface area contributed by atoms with Crippen LogP contribution in [-0.2, 0) is 11.2 Å². The number of carbonyl (C=O) groups is 1. The Kier molecular flexibility index (Phi) is 6.18. The van der Waals surface area contributed by atoms with Gasteiger partial charge in [-0.1, -0.05) is 36.4 Å². The van der Waals surface area contributed by atoms with Gasteiger partial charge in [0.25, 0.3) is 0 Å². The number of aliphatic hydroxyl groups excluding tert-OH is 1. The second kappa shape index (κ2) is 8.34. The fourth-order valence-corrected chi connectivity index (χ4v) is 2.41. The third-order valence-electron chi connectivity index (χ3n) is 3.63. The van der Waals surface area contributed by atoms with Crippen LogP contribution in [0.15, 0.2) is 48.5 Å². The monoisotopic (exact) mass is 314 g/mol. The Labute approximate surface area is 136 Å². The van der Waals surface area contributed by atoms with Crippen LogP contribution in [0.4, 0.5) is 0 Å². The van der Waals surface area contributed by atoms with Gasteiger partial charge in [-0.15, -0.1) is 0 Å². The quantitative estimate of drug-likeness (QED) is 0.782. The second-order valence-corrected chi connectivity index (χ2v) is 5.44. The molecule has 0 radical (unpaired) electrons. The summed E-state index contributed by atoms with van der Waals surface area (Å²) in [5.74, 6) is -0.108. The molecule has 0 aliphatic heterocycles. The first kappa shape index (κ1) is 17.0. The van der Waals surface area contributed by atoms with Gasteiger partial charge in [-0.2, -0.15) is 0 Å². The van der Waals surface area contributed by atoms with Crippen LogP contribution in [0.5, 0.6) is 5.75 Å². The average Bonchev–Trinajstić information content (AvgIpc) is 2.54. The van der Waals surface area contributed by atoms with E-state index in [0.29, 0.717) is 19.4 Å². The van der Waals surface area contributed by atoms with Crippen molar-refractivity contribution in [3.05, 3.63) is 54.1 Å². The van der Waals surface area contributed by atoms with E-state index in [2.05, 4.69) is 0 Å². The molecule has 0 fully saturated rings. The van der Waals surface area contributed by atoms with Crippen molar-refractivity contribution in [2.24, 2.45) is 0 Å². The maximum absolute atomic E-state index is 10.5. The highest BCUT2D eigenvalue weighted by Crippen LogP contribution is 2.23. The smallest absolute Gasteiger partial charge is 0.305 e. The Morgan fingerprint density at radius 2 is 1.61 bits per heavy atom. The zero-order valence-electron chi connectivity index (χ0n) is 13.2. The van der Waals surface area contributed by atoms with Crippen molar-refractivity contribution in [2.45, 2.75) is 32.3 Å². The van der Waals surface area contributed by atoms with Crippen molar-refractivity contribution in [3.63, 3.8) is 0 Å². The number of carboxylic acids is 1. The summed E-state index contributed by atoms with van der Waals surface area (Å²) in [4.78, 5) is 10.5. The Morgan fingerprint density at radius 1 is 1.04 bits per heavy atom. The summed E-state index contributed by atoms with van der Waals surface area (Å²) in [7, 11) is 0. The van der Waals surface area contributed by atoms with Gasteiger partial charge in [0.15, 0.2) is 0 Å². The number of benzene rings is 2. The van der Waals surface area contributed by atoms with Crippen LogP contribution >= 0.6 is 0 Å². The predicted octanol–water partition coefficient (Wildman–Crippen LogP) is 3.52. The summed E-state index contributed by atoms with van der Waals surface area (Å²) >= 11 is 0. The Hall–Kier alpha value is -2.33. The summed E-state index contributed by atoms with van der Waals surface area (Å²) in [5.41, 5.74) is 3.32. The Balaban J connectivity index is 1.94. The van der Waals surface area contributed by atoms with E-state index in [1.807, 2.05) is 55.5 Å². The highest BCUT2D eigenvalue weighted by molar-refractivity contribution is 5.67. The van der Waals surface area contributed by atoms with Gasteiger partial charge in [0.1, 0.15) is 5.75 Å². The highest BCUT2D eigenvalue weighted by Gasteiger charge is 2.09. The van der Waals surface area contributed by atoms with Crippen LogP contribution in [0, 0.1) is 0 Å². The molecule has 0 saturated heterocycles. The molecule has 1 unspecified atom stereocenters. The lowest BCUT2D eigenvalue weighted by molar-refractivity contribution is -0.139. The molecule has 0 bridgehead atoms. The van der Waals surface area contributed by atoms with Crippen molar-refractivity contribution in [1.29, 1.82) is 0 Å². The van der Waals surface area contributed by atoms with Gasteiger partial charge < -0.3 is 14.9 Å². The summed E-state index contributed by atoms with van der Waals surface area (Å²) in [6.45, 7) is 2.61. The molecule has 0 saturated carbocycles. The van der Waals surface area contributed by atoms with Crippen LogP contribution in [-0.4, -0.2) is 28.9 Å². The number of rotatable bonds is 8. The minimum absolute atomic E-state index is 0.204. The zero-order valence-corrected chi connectivity index (χ0v) is 13.2. The molecule has 4 nitrogen and oxygen atoms in total. The molecule has 23 heavy (non-hydrogen) atoms. The topological polar surface area (TPSA) is 66.8 Å². The van der Waals surface area contributed by atoms with E-state index in [-0.39, 0.29) is 6.42 Å². The molecule has 0 heterocycles. The van der Waals surface area contributed by atoms with Crippen molar-refractivity contribution >= 4 is 5.97 Å². The number of hydrogen-bond acceptors (Lipinski definition) is 3. The molecular formula is C19H22O4. The van der Waals surface area contributed by atoms with E-state index < -0.39 is 12.1 Å². The lowest BCUT2D eigenvalue weighted by Gasteiger charge is -2.09. The molecule has 0 aliphatic rings. The van der Waals surface area contributed by atoms with Crippen molar-refractivity contribution in [3.8, 4) is 16.9 Å². The molecule has 0 amide bonds. The first-order valence-corrected chi connectivity index (χ1v) is 7.80. The SMILES string of the molecule is CCOc1ccc(-c2ccc(CCC(O)CC(=O)O)cc2)cc1. The number of aliphatic carboxylic acids is 1. The molecule has 2 aromatic carbocycles. The van der Waals surface area contributed by atoms with Crippen LogP contribution in [0.1, 0.15) is 25.3 Å². The van der Waals surface area contributed by atoms with Gasteiger partial charge in [0.05, 0.1) is 19.1 Å². The van der Waals surface area contributed by atoms with E-state index in [9.17, 15) is 9.90 Å². The molecule has 0 aromatic heterocycles. The maximum atomic E-state index is 10.5. The maximum Gasteiger partial charge on any atom is 0.305 e. The summed E-state index contributed by atoms with van der Waals surface area (Å²) in [6.07, 6.45) is 0.120. The fraction of sp³-hybridized carbons (Fsp3) is 0.316. The standard InChI is InChI=1S/C19H22O4/c1-2-23-18-11-8-16(9-12-18)15-6-3-14(4-7-15)5-10-17(20)13-19(21)22/h3-4,6-9,11-12,17,20H,2,5,10,13H2,1H3,(H,21,22). The van der Waals surface area contributed by atoms with E-state index in [1.165, 1.54) is 0 Å². The highest BCUT2D eigenvalue weighted by atomic mass is 16.5. The molecule has 0 spiro atoms. The first-order valence-electron chi connectivity index (χ1n) is 7.80. The lowest BCUT2D eigenvalue weighted by atomic mass is 10.0. The third kappa shape index (κ3) is 5.42. The van der Waals surface area contributed by atoms with Gasteiger partial charge in [-0.3, -0.25) is 4.79 Å². The number of ether oxygens (including phenoxy) is 1. The average molecular weight is 314 g/mol. The first-order chi connectivity index (χ1) is 11.1.